The molecule has 3 aromatic rings. The number of nitrogens with zero attached hydrogens (tertiary/aromatic N) is 2. The SMILES string of the molecule is COC(=O)c1cccc(N2CC(Oc3ccc(C(=O)OC(C)(C)C)cc3)C2)c1-n1cccc1. The molecular weight excluding hydrogens is 420 g/mol. The Labute approximate surface area is 193 Å². The van der Waals surface area contributed by atoms with E-state index in [4.69, 9.17) is 14.2 Å². The third-order valence-electron chi connectivity index (χ3n) is 5.26. The zero-order valence-corrected chi connectivity index (χ0v) is 19.3. The Balaban J connectivity index is 1.44. The van der Waals surface area contributed by atoms with Crippen molar-refractivity contribution >= 4 is 17.6 Å². The van der Waals surface area contributed by atoms with Gasteiger partial charge < -0.3 is 23.7 Å². The Morgan fingerprint density at radius 3 is 2.18 bits per heavy atom. The van der Waals surface area contributed by atoms with Crippen LogP contribution < -0.4 is 9.64 Å². The van der Waals surface area contributed by atoms with E-state index in [0.29, 0.717) is 30.0 Å². The van der Waals surface area contributed by atoms with Crippen LogP contribution in [0.25, 0.3) is 5.69 Å². The quantitative estimate of drug-likeness (QED) is 0.518. The van der Waals surface area contributed by atoms with Gasteiger partial charge in [-0.05, 0) is 69.3 Å². The van der Waals surface area contributed by atoms with Crippen LogP contribution in [0.1, 0.15) is 41.5 Å². The molecule has 1 fully saturated rings. The second kappa shape index (κ2) is 9.02. The molecule has 0 bridgehead atoms. The minimum Gasteiger partial charge on any atom is -0.487 e. The lowest BCUT2D eigenvalue weighted by molar-refractivity contribution is 0.00693. The summed E-state index contributed by atoms with van der Waals surface area (Å²) in [5, 5.41) is 0. The first-order valence-corrected chi connectivity index (χ1v) is 10.8. The monoisotopic (exact) mass is 448 g/mol. The van der Waals surface area contributed by atoms with Crippen molar-refractivity contribution in [1.29, 1.82) is 0 Å². The molecule has 7 heteroatoms. The predicted molar refractivity (Wildman–Crippen MR) is 125 cm³/mol. The number of ether oxygens (including phenoxy) is 3. The molecule has 0 N–H and O–H groups in total. The average molecular weight is 449 g/mol. The van der Waals surface area contributed by atoms with Gasteiger partial charge in [0, 0.05) is 12.4 Å². The number of methoxy groups -OCH3 is 1. The molecule has 7 nitrogen and oxygen atoms in total. The van der Waals surface area contributed by atoms with E-state index in [1.807, 2.05) is 62.0 Å². The zero-order chi connectivity index (χ0) is 23.6. The first kappa shape index (κ1) is 22.5. The fourth-order valence-electron chi connectivity index (χ4n) is 3.72. The number of para-hydroxylation sites is 1. The molecular formula is C26H28N2O5. The Morgan fingerprint density at radius 2 is 1.58 bits per heavy atom. The summed E-state index contributed by atoms with van der Waals surface area (Å²) in [6.45, 7) is 6.87. The molecule has 0 radical (unpaired) electrons. The number of hydrogen-bond donors (Lipinski definition) is 0. The summed E-state index contributed by atoms with van der Waals surface area (Å²) in [7, 11) is 1.38. The summed E-state index contributed by atoms with van der Waals surface area (Å²) in [6.07, 6.45) is 3.81. The largest absolute Gasteiger partial charge is 0.487 e. The summed E-state index contributed by atoms with van der Waals surface area (Å²) < 4.78 is 18.4. The van der Waals surface area contributed by atoms with Crippen LogP contribution in [0.15, 0.2) is 67.0 Å². The van der Waals surface area contributed by atoms with E-state index in [1.165, 1.54) is 7.11 Å². The van der Waals surface area contributed by atoms with E-state index >= 15 is 0 Å². The number of hydrogen-bond acceptors (Lipinski definition) is 6. The normalized spacial score (nSPS) is 13.9. The Morgan fingerprint density at radius 1 is 0.909 bits per heavy atom. The Bertz CT molecular complexity index is 1120. The van der Waals surface area contributed by atoms with Gasteiger partial charge in [-0.3, -0.25) is 0 Å². The molecule has 33 heavy (non-hydrogen) atoms. The molecule has 1 aromatic heterocycles. The van der Waals surface area contributed by atoms with Crippen LogP contribution in [0.3, 0.4) is 0 Å². The van der Waals surface area contributed by atoms with Gasteiger partial charge in [0.25, 0.3) is 0 Å². The van der Waals surface area contributed by atoms with E-state index in [-0.39, 0.29) is 18.0 Å². The number of carbonyl (C=O) groups is 2. The highest BCUT2D eigenvalue weighted by molar-refractivity contribution is 5.96. The second-order valence-corrected chi connectivity index (χ2v) is 8.93. The lowest BCUT2D eigenvalue weighted by Crippen LogP contribution is -2.54. The molecule has 4 rings (SSSR count). The topological polar surface area (TPSA) is 70.0 Å². The molecule has 0 saturated carbocycles. The molecule has 0 amide bonds. The highest BCUT2D eigenvalue weighted by Crippen LogP contribution is 2.33. The fourth-order valence-corrected chi connectivity index (χ4v) is 3.72. The lowest BCUT2D eigenvalue weighted by Gasteiger charge is -2.41. The number of anilines is 1. The van der Waals surface area contributed by atoms with E-state index in [0.717, 1.165) is 11.4 Å². The van der Waals surface area contributed by atoms with Crippen LogP contribution in [-0.2, 0) is 9.47 Å². The van der Waals surface area contributed by atoms with Crippen LogP contribution in [0.4, 0.5) is 5.69 Å². The van der Waals surface area contributed by atoms with Crippen molar-refractivity contribution in [3.63, 3.8) is 0 Å². The maximum Gasteiger partial charge on any atom is 0.340 e. The van der Waals surface area contributed by atoms with Crippen molar-refractivity contribution in [3.8, 4) is 11.4 Å². The van der Waals surface area contributed by atoms with E-state index in [9.17, 15) is 9.59 Å². The molecule has 2 aromatic carbocycles. The number of carbonyl (C=O) groups excluding carboxylic acids is 2. The highest BCUT2D eigenvalue weighted by Gasteiger charge is 2.32. The Kier molecular flexibility index (Phi) is 6.14. The van der Waals surface area contributed by atoms with Gasteiger partial charge in [-0.15, -0.1) is 0 Å². The zero-order valence-electron chi connectivity index (χ0n) is 19.3. The molecule has 172 valence electrons. The molecule has 1 aliphatic rings. The van der Waals surface area contributed by atoms with E-state index in [2.05, 4.69) is 4.90 Å². The molecule has 0 spiro atoms. The summed E-state index contributed by atoms with van der Waals surface area (Å²) in [4.78, 5) is 26.7. The smallest absolute Gasteiger partial charge is 0.340 e. The van der Waals surface area contributed by atoms with Gasteiger partial charge in [0.2, 0.25) is 0 Å². The van der Waals surface area contributed by atoms with Crippen molar-refractivity contribution < 1.29 is 23.8 Å². The first-order chi connectivity index (χ1) is 15.7. The van der Waals surface area contributed by atoms with Crippen molar-refractivity contribution in [2.45, 2.75) is 32.5 Å². The van der Waals surface area contributed by atoms with Crippen LogP contribution in [-0.4, -0.2) is 48.4 Å². The van der Waals surface area contributed by atoms with E-state index in [1.54, 1.807) is 30.3 Å². The fraction of sp³-hybridized carbons (Fsp3) is 0.308. The molecule has 1 saturated heterocycles. The van der Waals surface area contributed by atoms with Gasteiger partial charge in [0.05, 0.1) is 42.7 Å². The van der Waals surface area contributed by atoms with Crippen molar-refractivity contribution in [3.05, 3.63) is 78.1 Å². The molecule has 0 atom stereocenters. The lowest BCUT2D eigenvalue weighted by atomic mass is 10.1. The first-order valence-electron chi connectivity index (χ1n) is 10.8. The molecule has 2 heterocycles. The summed E-state index contributed by atoms with van der Waals surface area (Å²) in [5.41, 5.74) is 2.19. The highest BCUT2D eigenvalue weighted by atomic mass is 16.6. The van der Waals surface area contributed by atoms with Crippen LogP contribution in [0.5, 0.6) is 5.75 Å². The minimum absolute atomic E-state index is 0.00308. The van der Waals surface area contributed by atoms with E-state index < -0.39 is 5.60 Å². The number of benzene rings is 2. The second-order valence-electron chi connectivity index (χ2n) is 8.93. The van der Waals surface area contributed by atoms with Crippen LogP contribution >= 0.6 is 0 Å². The Hall–Kier alpha value is -3.74. The standard InChI is InChI=1S/C26H28N2O5/c1-26(2,3)33-24(29)18-10-12-19(13-11-18)32-20-16-28(17-20)22-9-7-8-21(25(30)31-4)23(22)27-14-5-6-15-27/h5-15,20H,16-17H2,1-4H3. The van der Waals surface area contributed by atoms with Gasteiger partial charge in [0.1, 0.15) is 17.5 Å². The van der Waals surface area contributed by atoms with Crippen molar-refractivity contribution in [2.75, 3.05) is 25.1 Å². The molecule has 0 unspecified atom stereocenters. The van der Waals surface area contributed by atoms with Crippen molar-refractivity contribution in [1.82, 2.24) is 4.57 Å². The third-order valence-corrected chi connectivity index (χ3v) is 5.26. The van der Waals surface area contributed by atoms with Crippen molar-refractivity contribution in [2.24, 2.45) is 0 Å². The van der Waals surface area contributed by atoms with Gasteiger partial charge in [-0.2, -0.15) is 0 Å². The van der Waals surface area contributed by atoms with Gasteiger partial charge in [-0.1, -0.05) is 6.07 Å². The third kappa shape index (κ3) is 5.03. The summed E-state index contributed by atoms with van der Waals surface area (Å²) in [6, 6.07) is 16.4. The van der Waals surface area contributed by atoms with Gasteiger partial charge in [0.15, 0.2) is 0 Å². The number of aromatic nitrogens is 1. The van der Waals surface area contributed by atoms with Gasteiger partial charge in [-0.25, -0.2) is 9.59 Å². The predicted octanol–water partition coefficient (Wildman–Crippen LogP) is 4.49. The van der Waals surface area contributed by atoms with Gasteiger partial charge >= 0.3 is 11.9 Å². The molecule has 0 aliphatic carbocycles. The minimum atomic E-state index is -0.535. The summed E-state index contributed by atoms with van der Waals surface area (Å²) in [5.74, 6) is -0.0354. The maximum absolute atomic E-state index is 12.4. The maximum atomic E-state index is 12.4. The average Bonchev–Trinajstić information content (AvgIpc) is 3.28. The summed E-state index contributed by atoms with van der Waals surface area (Å²) >= 11 is 0. The van der Waals surface area contributed by atoms with Crippen LogP contribution in [0, 0.1) is 0 Å². The number of rotatable bonds is 6. The number of esters is 2. The molecule has 1 aliphatic heterocycles. The van der Waals surface area contributed by atoms with Crippen LogP contribution in [0.2, 0.25) is 0 Å².